The molecule has 3 nitrogen and oxygen atoms in total. The molecule has 0 aliphatic rings. The number of phenolic OH excluding ortho intramolecular Hbond substituents is 1. The number of carbonyl (C=O) groups is 1. The highest BCUT2D eigenvalue weighted by Gasteiger charge is 2.17. The Morgan fingerprint density at radius 1 is 1.32 bits per heavy atom. The number of hydrogen-bond acceptors (Lipinski definition) is 2. The second-order valence-electron chi connectivity index (χ2n) is 4.59. The smallest absolute Gasteiger partial charge is 0.236 e. The van der Waals surface area contributed by atoms with Crippen LogP contribution in [-0.2, 0) is 11.3 Å². The lowest BCUT2D eigenvalue weighted by molar-refractivity contribution is -0.129. The van der Waals surface area contributed by atoms with E-state index in [0.29, 0.717) is 6.54 Å². The molecule has 0 aromatic heterocycles. The first-order valence-corrected chi connectivity index (χ1v) is 7.01. The van der Waals surface area contributed by atoms with Gasteiger partial charge in [0.05, 0.1) is 4.83 Å². The Bertz CT molecular complexity index is 610. The van der Waals surface area contributed by atoms with E-state index < -0.39 is 0 Å². The van der Waals surface area contributed by atoms with Gasteiger partial charge in [-0.2, -0.15) is 0 Å². The lowest BCUT2D eigenvalue weighted by Gasteiger charge is -2.20. The molecule has 2 aromatic carbocycles. The van der Waals surface area contributed by atoms with Crippen LogP contribution >= 0.6 is 15.9 Å². The maximum atomic E-state index is 11.9. The maximum Gasteiger partial charge on any atom is 0.236 e. The topological polar surface area (TPSA) is 40.5 Å². The molecule has 2 aromatic rings. The number of phenols is 1. The number of fused-ring (bicyclic) bond motifs is 1. The molecule has 0 saturated carbocycles. The second kappa shape index (κ2) is 5.61. The van der Waals surface area contributed by atoms with E-state index in [1.165, 1.54) is 0 Å². The highest BCUT2D eigenvalue weighted by molar-refractivity contribution is 9.10. The number of carbonyl (C=O) groups excluding carboxylic acids is 1. The van der Waals surface area contributed by atoms with E-state index in [4.69, 9.17) is 0 Å². The van der Waals surface area contributed by atoms with Crippen molar-refractivity contribution < 1.29 is 9.90 Å². The number of aromatic hydroxyl groups is 1. The van der Waals surface area contributed by atoms with Gasteiger partial charge in [0.15, 0.2) is 0 Å². The van der Waals surface area contributed by atoms with E-state index in [1.807, 2.05) is 30.3 Å². The van der Waals surface area contributed by atoms with Gasteiger partial charge in [0.2, 0.25) is 5.91 Å². The summed E-state index contributed by atoms with van der Waals surface area (Å²) in [5.41, 5.74) is 0.780. The molecule has 1 amide bonds. The van der Waals surface area contributed by atoms with Gasteiger partial charge in [0.1, 0.15) is 5.75 Å². The second-order valence-corrected chi connectivity index (χ2v) is 5.97. The summed E-state index contributed by atoms with van der Waals surface area (Å²) < 4.78 is 0. The van der Waals surface area contributed by atoms with Crippen LogP contribution in [0.3, 0.4) is 0 Å². The summed E-state index contributed by atoms with van der Waals surface area (Å²) in [4.78, 5) is 13.3. The van der Waals surface area contributed by atoms with Gasteiger partial charge in [-0.1, -0.05) is 46.3 Å². The molecule has 0 aliphatic carbocycles. The van der Waals surface area contributed by atoms with Gasteiger partial charge in [0, 0.05) is 19.2 Å². The van der Waals surface area contributed by atoms with Gasteiger partial charge in [-0.3, -0.25) is 4.79 Å². The van der Waals surface area contributed by atoms with Crippen LogP contribution in [0.1, 0.15) is 12.5 Å². The van der Waals surface area contributed by atoms with Crippen LogP contribution in [0.15, 0.2) is 36.4 Å². The standard InChI is InChI=1S/C15H16BrNO2/c1-10(16)15(19)17(2)9-13-12-6-4-3-5-11(12)7-8-14(13)18/h3-8,10,18H,9H2,1-2H3. The minimum Gasteiger partial charge on any atom is -0.508 e. The van der Waals surface area contributed by atoms with Crippen molar-refractivity contribution in [3.05, 3.63) is 42.0 Å². The van der Waals surface area contributed by atoms with Gasteiger partial charge in [-0.25, -0.2) is 0 Å². The predicted octanol–water partition coefficient (Wildman–Crippen LogP) is 3.29. The van der Waals surface area contributed by atoms with E-state index in [-0.39, 0.29) is 16.5 Å². The maximum absolute atomic E-state index is 11.9. The summed E-state index contributed by atoms with van der Waals surface area (Å²) in [6, 6.07) is 11.4. The molecule has 0 saturated heterocycles. The summed E-state index contributed by atoms with van der Waals surface area (Å²) in [6.07, 6.45) is 0. The van der Waals surface area contributed by atoms with Crippen LogP contribution in [0.4, 0.5) is 0 Å². The van der Waals surface area contributed by atoms with Crippen LogP contribution in [0.2, 0.25) is 0 Å². The van der Waals surface area contributed by atoms with Gasteiger partial charge >= 0.3 is 0 Å². The number of benzene rings is 2. The SMILES string of the molecule is CC(Br)C(=O)N(C)Cc1c(O)ccc2ccccc12. The summed E-state index contributed by atoms with van der Waals surface area (Å²) >= 11 is 3.27. The molecule has 0 bridgehead atoms. The number of hydrogen-bond donors (Lipinski definition) is 1. The van der Waals surface area contributed by atoms with Crippen molar-refractivity contribution in [1.82, 2.24) is 4.90 Å². The van der Waals surface area contributed by atoms with E-state index in [9.17, 15) is 9.90 Å². The summed E-state index contributed by atoms with van der Waals surface area (Å²) in [5.74, 6) is 0.216. The molecular formula is C15H16BrNO2. The average Bonchev–Trinajstić information content (AvgIpc) is 2.40. The Kier molecular flexibility index (Phi) is 4.10. The minimum absolute atomic E-state index is 0.00710. The van der Waals surface area contributed by atoms with Crippen molar-refractivity contribution >= 4 is 32.6 Å². The largest absolute Gasteiger partial charge is 0.508 e. The van der Waals surface area contributed by atoms with Gasteiger partial charge < -0.3 is 10.0 Å². The third-order valence-corrected chi connectivity index (χ3v) is 3.52. The molecular weight excluding hydrogens is 306 g/mol. The summed E-state index contributed by atoms with van der Waals surface area (Å²) in [7, 11) is 1.74. The van der Waals surface area contributed by atoms with E-state index >= 15 is 0 Å². The number of rotatable bonds is 3. The third-order valence-electron chi connectivity index (χ3n) is 3.13. The van der Waals surface area contributed by atoms with Crippen LogP contribution in [-0.4, -0.2) is 27.8 Å². The predicted molar refractivity (Wildman–Crippen MR) is 80.5 cm³/mol. The molecule has 0 aliphatic heterocycles. The zero-order valence-corrected chi connectivity index (χ0v) is 12.5. The molecule has 1 unspecified atom stereocenters. The fourth-order valence-corrected chi connectivity index (χ4v) is 2.46. The quantitative estimate of drug-likeness (QED) is 0.881. The number of halogens is 1. The molecule has 1 atom stereocenters. The van der Waals surface area contributed by atoms with Gasteiger partial charge in [-0.05, 0) is 23.8 Å². The molecule has 2 rings (SSSR count). The molecule has 4 heteroatoms. The van der Waals surface area contributed by atoms with Crippen LogP contribution < -0.4 is 0 Å². The van der Waals surface area contributed by atoms with E-state index in [0.717, 1.165) is 16.3 Å². The average molecular weight is 322 g/mol. The third kappa shape index (κ3) is 2.89. The Balaban J connectivity index is 2.39. The number of nitrogens with zero attached hydrogens (tertiary/aromatic N) is 1. The highest BCUT2D eigenvalue weighted by Crippen LogP contribution is 2.28. The highest BCUT2D eigenvalue weighted by atomic mass is 79.9. The molecule has 0 spiro atoms. The van der Waals surface area contributed by atoms with Crippen molar-refractivity contribution in [2.75, 3.05) is 7.05 Å². The van der Waals surface area contributed by atoms with Crippen molar-refractivity contribution in [3.8, 4) is 5.75 Å². The molecule has 0 fully saturated rings. The van der Waals surface area contributed by atoms with Crippen molar-refractivity contribution in [1.29, 1.82) is 0 Å². The Labute approximate surface area is 121 Å². The molecule has 0 radical (unpaired) electrons. The van der Waals surface area contributed by atoms with Crippen LogP contribution in [0.25, 0.3) is 10.8 Å². The van der Waals surface area contributed by atoms with Crippen molar-refractivity contribution in [2.24, 2.45) is 0 Å². The van der Waals surface area contributed by atoms with E-state index in [1.54, 1.807) is 24.9 Å². The Morgan fingerprint density at radius 2 is 2.00 bits per heavy atom. The summed E-state index contributed by atoms with van der Waals surface area (Å²) in [6.45, 7) is 2.18. The fraction of sp³-hybridized carbons (Fsp3) is 0.267. The first-order valence-electron chi connectivity index (χ1n) is 6.09. The Hall–Kier alpha value is -1.55. The van der Waals surface area contributed by atoms with Crippen LogP contribution in [0.5, 0.6) is 5.75 Å². The zero-order chi connectivity index (χ0) is 14.0. The fourth-order valence-electron chi connectivity index (χ4n) is 2.11. The monoisotopic (exact) mass is 321 g/mol. The molecule has 19 heavy (non-hydrogen) atoms. The Morgan fingerprint density at radius 3 is 2.68 bits per heavy atom. The first kappa shape index (κ1) is 13.9. The number of amides is 1. The summed E-state index contributed by atoms with van der Waals surface area (Å²) in [5, 5.41) is 12.1. The van der Waals surface area contributed by atoms with Gasteiger partial charge in [0.25, 0.3) is 0 Å². The first-order chi connectivity index (χ1) is 9.00. The van der Waals surface area contributed by atoms with Crippen molar-refractivity contribution in [2.45, 2.75) is 18.3 Å². The lowest BCUT2D eigenvalue weighted by atomic mass is 10.0. The normalized spacial score (nSPS) is 12.4. The van der Waals surface area contributed by atoms with E-state index in [2.05, 4.69) is 15.9 Å². The minimum atomic E-state index is -0.227. The molecule has 0 heterocycles. The van der Waals surface area contributed by atoms with Crippen LogP contribution in [0, 0.1) is 0 Å². The zero-order valence-electron chi connectivity index (χ0n) is 10.9. The molecule has 100 valence electrons. The van der Waals surface area contributed by atoms with Gasteiger partial charge in [-0.15, -0.1) is 0 Å². The van der Waals surface area contributed by atoms with Crippen molar-refractivity contribution in [3.63, 3.8) is 0 Å². The number of alkyl halides is 1. The lowest BCUT2D eigenvalue weighted by Crippen LogP contribution is -2.31. The molecule has 1 N–H and O–H groups in total.